The molecule has 2 aromatic carbocycles. The fourth-order valence-electron chi connectivity index (χ4n) is 4.07. The van der Waals surface area contributed by atoms with Gasteiger partial charge in [-0.3, -0.25) is 9.59 Å². The van der Waals surface area contributed by atoms with Crippen LogP contribution >= 0.6 is 0 Å². The maximum absolute atomic E-state index is 13.0. The Balaban J connectivity index is 1.40. The number of aromatic nitrogens is 1. The van der Waals surface area contributed by atoms with Gasteiger partial charge < -0.3 is 19.7 Å². The van der Waals surface area contributed by atoms with E-state index >= 15 is 0 Å². The van der Waals surface area contributed by atoms with E-state index in [1.807, 2.05) is 36.4 Å². The quantitative estimate of drug-likeness (QED) is 0.637. The van der Waals surface area contributed by atoms with Gasteiger partial charge in [0.05, 0.1) is 6.61 Å². The normalized spacial score (nSPS) is 19.3. The number of fused-ring (bicyclic) bond motifs is 1. The van der Waals surface area contributed by atoms with Crippen molar-refractivity contribution in [3.8, 4) is 11.5 Å². The molecule has 1 saturated carbocycles. The summed E-state index contributed by atoms with van der Waals surface area (Å²) in [5.74, 6) is 0.276. The van der Waals surface area contributed by atoms with Gasteiger partial charge in [0.25, 0.3) is 5.91 Å². The maximum Gasteiger partial charge on any atom is 0.253 e. The number of hydrogen-bond donors (Lipinski definition) is 2. The molecule has 0 aliphatic heterocycles. The Labute approximate surface area is 181 Å². The van der Waals surface area contributed by atoms with Crippen molar-refractivity contribution in [1.82, 2.24) is 15.2 Å². The summed E-state index contributed by atoms with van der Waals surface area (Å²) in [6, 6.07) is 14.6. The molecule has 7 nitrogen and oxygen atoms in total. The van der Waals surface area contributed by atoms with E-state index in [9.17, 15) is 9.59 Å². The number of para-hydroxylation sites is 2. The molecule has 0 bridgehead atoms. The molecule has 3 unspecified atom stereocenters. The second kappa shape index (κ2) is 8.89. The maximum atomic E-state index is 13.0. The lowest BCUT2D eigenvalue weighted by Gasteiger charge is -2.25. The standard InChI is InChI=1S/C24H27N3O4/c1-15(14-28)25-22(29)18-11-12-19(13-18)27(2)24(30)17-9-7-16(8-10-17)23-26-20-5-3-4-6-21(20)31-23/h3-10,15,18-19,28H,11-14H2,1-2H3,(H,25,29). The zero-order chi connectivity index (χ0) is 22.0. The molecule has 1 aromatic heterocycles. The molecule has 0 spiro atoms. The van der Waals surface area contributed by atoms with Crippen molar-refractivity contribution in [1.29, 1.82) is 0 Å². The molecule has 2 amide bonds. The van der Waals surface area contributed by atoms with Gasteiger partial charge in [0.1, 0.15) is 5.52 Å². The van der Waals surface area contributed by atoms with Gasteiger partial charge in [-0.25, -0.2) is 4.98 Å². The number of aliphatic hydroxyl groups is 1. The number of hydrogen-bond acceptors (Lipinski definition) is 5. The first kappa shape index (κ1) is 21.1. The van der Waals surface area contributed by atoms with Crippen molar-refractivity contribution in [3.63, 3.8) is 0 Å². The molecule has 162 valence electrons. The second-order valence-electron chi connectivity index (χ2n) is 8.24. The molecule has 1 aliphatic carbocycles. The number of carbonyl (C=O) groups excluding carboxylic acids is 2. The summed E-state index contributed by atoms with van der Waals surface area (Å²) in [4.78, 5) is 31.5. The van der Waals surface area contributed by atoms with Crippen molar-refractivity contribution in [2.75, 3.05) is 13.7 Å². The van der Waals surface area contributed by atoms with Gasteiger partial charge in [0.15, 0.2) is 5.58 Å². The van der Waals surface area contributed by atoms with E-state index in [-0.39, 0.29) is 36.4 Å². The van der Waals surface area contributed by atoms with Crippen LogP contribution in [0, 0.1) is 5.92 Å². The average molecular weight is 421 g/mol. The van der Waals surface area contributed by atoms with Crippen LogP contribution in [0.5, 0.6) is 0 Å². The Morgan fingerprint density at radius 1 is 1.19 bits per heavy atom. The van der Waals surface area contributed by atoms with Crippen molar-refractivity contribution in [3.05, 3.63) is 54.1 Å². The molecule has 7 heteroatoms. The monoisotopic (exact) mass is 421 g/mol. The van der Waals surface area contributed by atoms with Gasteiger partial charge in [0, 0.05) is 36.2 Å². The molecular formula is C24H27N3O4. The lowest BCUT2D eigenvalue weighted by Crippen LogP contribution is -2.40. The minimum absolute atomic E-state index is 0.0180. The SMILES string of the molecule is CC(CO)NC(=O)C1CCC(N(C)C(=O)c2ccc(-c3nc4ccccc4o3)cc2)C1. The summed E-state index contributed by atoms with van der Waals surface area (Å²) < 4.78 is 5.79. The number of benzene rings is 2. The first-order valence-corrected chi connectivity index (χ1v) is 10.6. The third-order valence-electron chi connectivity index (χ3n) is 5.98. The fraction of sp³-hybridized carbons (Fsp3) is 0.375. The molecule has 0 radical (unpaired) electrons. The van der Waals surface area contributed by atoms with Crippen LogP contribution in [0.1, 0.15) is 36.5 Å². The first-order chi connectivity index (χ1) is 15.0. The van der Waals surface area contributed by atoms with E-state index < -0.39 is 0 Å². The number of rotatable bonds is 6. The van der Waals surface area contributed by atoms with Gasteiger partial charge in [-0.1, -0.05) is 12.1 Å². The highest BCUT2D eigenvalue weighted by Crippen LogP contribution is 2.30. The number of nitrogens with one attached hydrogen (secondary N) is 1. The van der Waals surface area contributed by atoms with E-state index in [1.54, 1.807) is 31.0 Å². The molecule has 1 fully saturated rings. The Kier molecular flexibility index (Phi) is 6.04. The van der Waals surface area contributed by atoms with Crippen LogP contribution in [0.2, 0.25) is 0 Å². The van der Waals surface area contributed by atoms with E-state index in [4.69, 9.17) is 9.52 Å². The number of carbonyl (C=O) groups is 2. The third kappa shape index (κ3) is 4.46. The summed E-state index contributed by atoms with van der Waals surface area (Å²) in [5, 5.41) is 11.9. The zero-order valence-corrected chi connectivity index (χ0v) is 17.7. The summed E-state index contributed by atoms with van der Waals surface area (Å²) in [7, 11) is 1.79. The molecule has 0 saturated heterocycles. The lowest BCUT2D eigenvalue weighted by atomic mass is 10.1. The van der Waals surface area contributed by atoms with Crippen LogP contribution < -0.4 is 5.32 Å². The number of oxazole rings is 1. The minimum Gasteiger partial charge on any atom is -0.436 e. The van der Waals surface area contributed by atoms with Gasteiger partial charge >= 0.3 is 0 Å². The predicted octanol–water partition coefficient (Wildman–Crippen LogP) is 3.23. The molecule has 1 heterocycles. The molecular weight excluding hydrogens is 394 g/mol. The topological polar surface area (TPSA) is 95.7 Å². The van der Waals surface area contributed by atoms with Gasteiger partial charge in [-0.05, 0) is 62.6 Å². The number of nitrogens with zero attached hydrogens (tertiary/aromatic N) is 2. The second-order valence-corrected chi connectivity index (χ2v) is 8.24. The van der Waals surface area contributed by atoms with Gasteiger partial charge in [-0.15, -0.1) is 0 Å². The van der Waals surface area contributed by atoms with Crippen LogP contribution in [-0.2, 0) is 4.79 Å². The molecule has 3 aromatic rings. The minimum atomic E-state index is -0.259. The van der Waals surface area contributed by atoms with Crippen molar-refractivity contribution in [2.24, 2.45) is 5.92 Å². The van der Waals surface area contributed by atoms with Crippen LogP contribution in [-0.4, -0.2) is 52.5 Å². The van der Waals surface area contributed by atoms with Gasteiger partial charge in [-0.2, -0.15) is 0 Å². The van der Waals surface area contributed by atoms with Gasteiger partial charge in [0.2, 0.25) is 11.8 Å². The molecule has 3 atom stereocenters. The lowest BCUT2D eigenvalue weighted by molar-refractivity contribution is -0.125. The van der Waals surface area contributed by atoms with E-state index in [0.717, 1.165) is 29.5 Å². The first-order valence-electron chi connectivity index (χ1n) is 10.6. The number of aliphatic hydroxyl groups excluding tert-OH is 1. The van der Waals surface area contributed by atoms with Crippen molar-refractivity contribution < 1.29 is 19.1 Å². The van der Waals surface area contributed by atoms with E-state index in [1.165, 1.54) is 0 Å². The largest absolute Gasteiger partial charge is 0.436 e. The average Bonchev–Trinajstić information content (AvgIpc) is 3.45. The third-order valence-corrected chi connectivity index (χ3v) is 5.98. The van der Waals surface area contributed by atoms with Crippen LogP contribution in [0.25, 0.3) is 22.6 Å². The van der Waals surface area contributed by atoms with E-state index in [0.29, 0.717) is 17.9 Å². The number of amides is 2. The summed E-state index contributed by atoms with van der Waals surface area (Å²) in [6.07, 6.45) is 2.16. The molecule has 4 rings (SSSR count). The van der Waals surface area contributed by atoms with Crippen LogP contribution in [0.4, 0.5) is 0 Å². The summed E-state index contributed by atoms with van der Waals surface area (Å²) in [6.45, 7) is 1.68. The molecule has 1 aliphatic rings. The van der Waals surface area contributed by atoms with Crippen molar-refractivity contribution in [2.45, 2.75) is 38.3 Å². The smallest absolute Gasteiger partial charge is 0.253 e. The van der Waals surface area contributed by atoms with Crippen molar-refractivity contribution >= 4 is 22.9 Å². The fourth-order valence-corrected chi connectivity index (χ4v) is 4.07. The van der Waals surface area contributed by atoms with Crippen LogP contribution in [0.15, 0.2) is 52.9 Å². The summed E-state index contributed by atoms with van der Waals surface area (Å²) >= 11 is 0. The van der Waals surface area contributed by atoms with Crippen LogP contribution in [0.3, 0.4) is 0 Å². The Bertz CT molecular complexity index is 1040. The molecule has 2 N–H and O–H groups in total. The highest BCUT2D eigenvalue weighted by Gasteiger charge is 2.34. The Hall–Kier alpha value is -3.19. The molecule has 31 heavy (non-hydrogen) atoms. The zero-order valence-electron chi connectivity index (χ0n) is 17.7. The highest BCUT2D eigenvalue weighted by atomic mass is 16.3. The Morgan fingerprint density at radius 2 is 1.94 bits per heavy atom. The Morgan fingerprint density at radius 3 is 2.65 bits per heavy atom. The summed E-state index contributed by atoms with van der Waals surface area (Å²) in [5.41, 5.74) is 2.92. The van der Waals surface area contributed by atoms with E-state index in [2.05, 4.69) is 10.3 Å². The predicted molar refractivity (Wildman–Crippen MR) is 117 cm³/mol. The highest BCUT2D eigenvalue weighted by molar-refractivity contribution is 5.95.